The van der Waals surface area contributed by atoms with Crippen molar-refractivity contribution < 1.29 is 9.90 Å². The third kappa shape index (κ3) is 2.78. The first-order valence-corrected chi connectivity index (χ1v) is 4.82. The zero-order chi connectivity index (χ0) is 9.84. The maximum Gasteiger partial charge on any atom is 0.308 e. The summed E-state index contributed by atoms with van der Waals surface area (Å²) in [5.74, 6) is -0.814. The van der Waals surface area contributed by atoms with E-state index >= 15 is 0 Å². The summed E-state index contributed by atoms with van der Waals surface area (Å²) >= 11 is 1.44. The van der Waals surface area contributed by atoms with Gasteiger partial charge in [-0.2, -0.15) is 0 Å². The SMILES string of the molecule is Cc1nc(CCN)sc1CC(=O)O. The lowest BCUT2D eigenvalue weighted by Crippen LogP contribution is -2.01. The van der Waals surface area contributed by atoms with Crippen LogP contribution >= 0.6 is 11.3 Å². The van der Waals surface area contributed by atoms with Crippen LogP contribution in [-0.2, 0) is 17.6 Å². The normalized spacial score (nSPS) is 10.3. The molecule has 0 fully saturated rings. The molecule has 4 nitrogen and oxygen atoms in total. The van der Waals surface area contributed by atoms with Gasteiger partial charge in [-0.15, -0.1) is 11.3 Å². The molecule has 1 heterocycles. The molecule has 0 atom stereocenters. The molecule has 0 saturated carbocycles. The zero-order valence-corrected chi connectivity index (χ0v) is 8.23. The lowest BCUT2D eigenvalue weighted by molar-refractivity contribution is -0.136. The Morgan fingerprint density at radius 3 is 2.92 bits per heavy atom. The molecule has 0 bridgehead atoms. The van der Waals surface area contributed by atoms with E-state index in [-0.39, 0.29) is 6.42 Å². The van der Waals surface area contributed by atoms with Crippen molar-refractivity contribution in [3.05, 3.63) is 15.6 Å². The number of rotatable bonds is 4. The molecule has 3 N–H and O–H groups in total. The summed E-state index contributed by atoms with van der Waals surface area (Å²) in [6, 6.07) is 0. The fraction of sp³-hybridized carbons (Fsp3) is 0.500. The van der Waals surface area contributed by atoms with Crippen molar-refractivity contribution in [2.75, 3.05) is 6.54 Å². The van der Waals surface area contributed by atoms with Crippen LogP contribution in [0.3, 0.4) is 0 Å². The van der Waals surface area contributed by atoms with E-state index in [0.29, 0.717) is 6.54 Å². The van der Waals surface area contributed by atoms with Crippen molar-refractivity contribution in [3.8, 4) is 0 Å². The van der Waals surface area contributed by atoms with Gasteiger partial charge in [0.05, 0.1) is 17.1 Å². The van der Waals surface area contributed by atoms with Gasteiger partial charge in [0.2, 0.25) is 0 Å². The number of hydrogen-bond donors (Lipinski definition) is 2. The van der Waals surface area contributed by atoms with E-state index < -0.39 is 5.97 Å². The van der Waals surface area contributed by atoms with Gasteiger partial charge >= 0.3 is 5.97 Å². The Balaban J connectivity index is 2.77. The minimum absolute atomic E-state index is 0.0636. The quantitative estimate of drug-likeness (QED) is 0.745. The number of aryl methyl sites for hydroxylation is 1. The molecule has 0 amide bonds. The second-order valence-electron chi connectivity index (χ2n) is 2.73. The molecule has 0 aliphatic carbocycles. The molecular formula is C8H12N2O2S. The summed E-state index contributed by atoms with van der Waals surface area (Å²) < 4.78 is 0. The number of nitrogens with zero attached hydrogens (tertiary/aromatic N) is 1. The minimum Gasteiger partial charge on any atom is -0.481 e. The van der Waals surface area contributed by atoms with Crippen LogP contribution in [-0.4, -0.2) is 22.6 Å². The van der Waals surface area contributed by atoms with Gasteiger partial charge in [-0.25, -0.2) is 4.98 Å². The van der Waals surface area contributed by atoms with E-state index in [2.05, 4.69) is 4.98 Å². The van der Waals surface area contributed by atoms with Crippen molar-refractivity contribution in [1.82, 2.24) is 4.98 Å². The number of carboxylic acid groups (broad SMARTS) is 1. The highest BCUT2D eigenvalue weighted by atomic mass is 32.1. The van der Waals surface area contributed by atoms with Gasteiger partial charge in [0.25, 0.3) is 0 Å². The number of aliphatic carboxylic acids is 1. The molecule has 0 aliphatic heterocycles. The van der Waals surface area contributed by atoms with Crippen molar-refractivity contribution >= 4 is 17.3 Å². The first-order chi connectivity index (χ1) is 6.13. The first kappa shape index (κ1) is 10.1. The molecule has 5 heteroatoms. The zero-order valence-electron chi connectivity index (χ0n) is 7.41. The van der Waals surface area contributed by atoms with Crippen molar-refractivity contribution in [1.29, 1.82) is 0 Å². The van der Waals surface area contributed by atoms with Crippen molar-refractivity contribution in [2.45, 2.75) is 19.8 Å². The van der Waals surface area contributed by atoms with Gasteiger partial charge in [0.15, 0.2) is 0 Å². The molecule has 1 aromatic rings. The van der Waals surface area contributed by atoms with Crippen LogP contribution in [0.2, 0.25) is 0 Å². The number of hydrogen-bond acceptors (Lipinski definition) is 4. The minimum atomic E-state index is -0.814. The van der Waals surface area contributed by atoms with Crippen LogP contribution in [0.4, 0.5) is 0 Å². The van der Waals surface area contributed by atoms with Crippen LogP contribution in [0.1, 0.15) is 15.6 Å². The van der Waals surface area contributed by atoms with E-state index in [4.69, 9.17) is 10.8 Å². The van der Waals surface area contributed by atoms with Gasteiger partial charge in [-0.3, -0.25) is 4.79 Å². The van der Waals surface area contributed by atoms with Crippen LogP contribution in [0.5, 0.6) is 0 Å². The Morgan fingerprint density at radius 2 is 2.38 bits per heavy atom. The van der Waals surface area contributed by atoms with Gasteiger partial charge in [0, 0.05) is 11.3 Å². The van der Waals surface area contributed by atoms with E-state index in [9.17, 15) is 4.79 Å². The number of carboxylic acids is 1. The molecule has 0 unspecified atom stereocenters. The molecule has 0 spiro atoms. The molecule has 1 aromatic heterocycles. The predicted octanol–water partition coefficient (Wildman–Crippen LogP) is 0.580. The molecule has 0 aliphatic rings. The number of thiazole rings is 1. The highest BCUT2D eigenvalue weighted by molar-refractivity contribution is 7.11. The third-order valence-electron chi connectivity index (χ3n) is 1.61. The maximum absolute atomic E-state index is 10.4. The summed E-state index contributed by atoms with van der Waals surface area (Å²) in [5.41, 5.74) is 6.19. The molecule has 0 radical (unpaired) electrons. The highest BCUT2D eigenvalue weighted by Gasteiger charge is 2.09. The number of nitrogens with two attached hydrogens (primary N) is 1. The van der Waals surface area contributed by atoms with Gasteiger partial charge < -0.3 is 10.8 Å². The smallest absolute Gasteiger partial charge is 0.308 e. The van der Waals surface area contributed by atoms with E-state index in [1.807, 2.05) is 6.92 Å². The molecular weight excluding hydrogens is 188 g/mol. The van der Waals surface area contributed by atoms with Crippen LogP contribution in [0.25, 0.3) is 0 Å². The molecule has 13 heavy (non-hydrogen) atoms. The Kier molecular flexibility index (Phi) is 3.39. The lowest BCUT2D eigenvalue weighted by Gasteiger charge is -1.89. The Labute approximate surface area is 80.4 Å². The van der Waals surface area contributed by atoms with Gasteiger partial charge in [0.1, 0.15) is 0 Å². The second kappa shape index (κ2) is 4.34. The fourth-order valence-electron chi connectivity index (χ4n) is 1.02. The number of aromatic nitrogens is 1. The standard InChI is InChI=1S/C8H12N2O2S/c1-5-6(4-8(11)12)13-7(10-5)2-3-9/h2-4,9H2,1H3,(H,11,12). The maximum atomic E-state index is 10.4. The van der Waals surface area contributed by atoms with E-state index in [1.54, 1.807) is 0 Å². The van der Waals surface area contributed by atoms with Gasteiger partial charge in [-0.05, 0) is 13.5 Å². The highest BCUT2D eigenvalue weighted by Crippen LogP contribution is 2.18. The van der Waals surface area contributed by atoms with Gasteiger partial charge in [-0.1, -0.05) is 0 Å². The third-order valence-corrected chi connectivity index (χ3v) is 2.82. The predicted molar refractivity (Wildman–Crippen MR) is 50.9 cm³/mol. The summed E-state index contributed by atoms with van der Waals surface area (Å²) in [7, 11) is 0. The summed E-state index contributed by atoms with van der Waals surface area (Å²) in [4.78, 5) is 15.5. The topological polar surface area (TPSA) is 76.2 Å². The lowest BCUT2D eigenvalue weighted by atomic mass is 10.3. The second-order valence-corrected chi connectivity index (χ2v) is 3.89. The number of carbonyl (C=O) groups is 1. The summed E-state index contributed by atoms with van der Waals surface area (Å²) in [5, 5.41) is 9.51. The molecule has 0 aromatic carbocycles. The Morgan fingerprint density at radius 1 is 1.69 bits per heavy atom. The largest absolute Gasteiger partial charge is 0.481 e. The fourth-order valence-corrected chi connectivity index (χ4v) is 2.10. The van der Waals surface area contributed by atoms with Crippen LogP contribution < -0.4 is 5.73 Å². The Bertz CT molecular complexity index is 309. The van der Waals surface area contributed by atoms with Crippen molar-refractivity contribution in [3.63, 3.8) is 0 Å². The van der Waals surface area contributed by atoms with Crippen LogP contribution in [0, 0.1) is 6.92 Å². The average Bonchev–Trinajstić information content (AvgIpc) is 2.31. The molecule has 1 rings (SSSR count). The van der Waals surface area contributed by atoms with Crippen molar-refractivity contribution in [2.24, 2.45) is 5.73 Å². The van der Waals surface area contributed by atoms with E-state index in [1.165, 1.54) is 11.3 Å². The van der Waals surface area contributed by atoms with E-state index in [0.717, 1.165) is 22.0 Å². The Hall–Kier alpha value is -0.940. The molecule has 0 saturated heterocycles. The monoisotopic (exact) mass is 200 g/mol. The first-order valence-electron chi connectivity index (χ1n) is 4.00. The van der Waals surface area contributed by atoms with Crippen LogP contribution in [0.15, 0.2) is 0 Å². The summed E-state index contributed by atoms with van der Waals surface area (Å²) in [6.07, 6.45) is 0.791. The molecule has 72 valence electrons. The summed E-state index contributed by atoms with van der Waals surface area (Å²) in [6.45, 7) is 2.38. The average molecular weight is 200 g/mol.